The molecule has 33 heavy (non-hydrogen) atoms. The molecule has 1 aliphatic heterocycles. The maximum Gasteiger partial charge on any atom is 0.333 e. The smallest absolute Gasteiger partial charge is 0.333 e. The number of aliphatic carboxylic acids is 1. The minimum atomic E-state index is -0.934. The van der Waals surface area contributed by atoms with Gasteiger partial charge in [0.1, 0.15) is 12.4 Å². The van der Waals surface area contributed by atoms with Crippen LogP contribution in [0.4, 0.5) is 11.4 Å². The molecule has 1 N–H and O–H groups in total. The molecule has 0 saturated carbocycles. The topological polar surface area (TPSA) is 59.0 Å². The molecule has 1 atom stereocenters. The van der Waals surface area contributed by atoms with Crippen LogP contribution in [0.3, 0.4) is 0 Å². The van der Waals surface area contributed by atoms with Gasteiger partial charge in [0, 0.05) is 24.4 Å². The van der Waals surface area contributed by atoms with Gasteiger partial charge in [0.15, 0.2) is 6.10 Å². The molecule has 170 valence electrons. The zero-order valence-electron chi connectivity index (χ0n) is 18.8. The Balaban J connectivity index is 1.41. The van der Waals surface area contributed by atoms with Crippen molar-refractivity contribution in [2.24, 2.45) is 0 Å². The summed E-state index contributed by atoms with van der Waals surface area (Å²) in [7, 11) is 0. The van der Waals surface area contributed by atoms with Crippen LogP contribution in [0.25, 0.3) is 12.2 Å². The SMILES string of the molecule is CCCOC(Cc1ccc(OCCN2c3ccccc3C=Cc3ccccc32)cc1)C(=O)O. The van der Waals surface area contributed by atoms with Crippen molar-refractivity contribution in [2.45, 2.75) is 25.9 Å². The third kappa shape index (κ3) is 5.62. The van der Waals surface area contributed by atoms with Crippen molar-refractivity contribution in [1.29, 1.82) is 0 Å². The molecule has 3 aromatic rings. The summed E-state index contributed by atoms with van der Waals surface area (Å²) in [6.45, 7) is 3.61. The fourth-order valence-electron chi connectivity index (χ4n) is 3.97. The van der Waals surface area contributed by atoms with Crippen LogP contribution in [-0.4, -0.2) is 36.9 Å². The van der Waals surface area contributed by atoms with E-state index in [1.54, 1.807) is 0 Å². The van der Waals surface area contributed by atoms with Gasteiger partial charge in [-0.25, -0.2) is 4.79 Å². The minimum absolute atomic E-state index is 0.337. The second kappa shape index (κ2) is 10.8. The monoisotopic (exact) mass is 443 g/mol. The predicted octanol–water partition coefficient (Wildman–Crippen LogP) is 5.81. The van der Waals surface area contributed by atoms with Gasteiger partial charge in [0.2, 0.25) is 0 Å². The Bertz CT molecular complexity index is 1060. The number of carboxylic acid groups (broad SMARTS) is 1. The molecule has 1 heterocycles. The summed E-state index contributed by atoms with van der Waals surface area (Å²) in [5.74, 6) is -0.175. The lowest BCUT2D eigenvalue weighted by atomic mass is 10.1. The Hall–Kier alpha value is -3.57. The second-order valence-corrected chi connectivity index (χ2v) is 8.00. The molecule has 3 aromatic carbocycles. The number of anilines is 2. The fourth-order valence-corrected chi connectivity index (χ4v) is 3.97. The highest BCUT2D eigenvalue weighted by Gasteiger charge is 2.19. The quantitative estimate of drug-likeness (QED) is 0.428. The third-order valence-electron chi connectivity index (χ3n) is 5.62. The number of nitrogens with zero attached hydrogens (tertiary/aromatic N) is 1. The molecule has 5 nitrogen and oxygen atoms in total. The molecule has 4 rings (SSSR count). The molecule has 0 radical (unpaired) electrons. The van der Waals surface area contributed by atoms with Crippen molar-refractivity contribution in [3.05, 3.63) is 89.5 Å². The van der Waals surface area contributed by atoms with Crippen molar-refractivity contribution >= 4 is 29.5 Å². The van der Waals surface area contributed by atoms with Crippen LogP contribution in [-0.2, 0) is 16.0 Å². The van der Waals surface area contributed by atoms with Gasteiger partial charge < -0.3 is 19.5 Å². The van der Waals surface area contributed by atoms with Crippen LogP contribution in [0.15, 0.2) is 72.8 Å². The zero-order valence-corrected chi connectivity index (χ0v) is 18.8. The summed E-state index contributed by atoms with van der Waals surface area (Å²) in [4.78, 5) is 13.7. The van der Waals surface area contributed by atoms with Gasteiger partial charge in [-0.3, -0.25) is 0 Å². The predicted molar refractivity (Wildman–Crippen MR) is 132 cm³/mol. The molecular formula is C28H29NO4. The lowest BCUT2D eigenvalue weighted by Gasteiger charge is -2.27. The van der Waals surface area contributed by atoms with Crippen molar-refractivity contribution in [3.8, 4) is 5.75 Å². The minimum Gasteiger partial charge on any atom is -0.492 e. The first-order chi connectivity index (χ1) is 16.2. The number of carboxylic acids is 1. The molecule has 0 aliphatic carbocycles. The first-order valence-corrected chi connectivity index (χ1v) is 11.4. The van der Waals surface area contributed by atoms with Crippen LogP contribution in [0, 0.1) is 0 Å². The number of carbonyl (C=O) groups is 1. The first kappa shape index (κ1) is 22.6. The summed E-state index contributed by atoms with van der Waals surface area (Å²) in [6.07, 6.45) is 4.61. The Kier molecular flexibility index (Phi) is 7.43. The molecule has 0 bridgehead atoms. The highest BCUT2D eigenvalue weighted by molar-refractivity contribution is 5.88. The van der Waals surface area contributed by atoms with E-state index in [4.69, 9.17) is 9.47 Å². The summed E-state index contributed by atoms with van der Waals surface area (Å²) < 4.78 is 11.5. The van der Waals surface area contributed by atoms with Crippen LogP contribution in [0.2, 0.25) is 0 Å². The number of fused-ring (bicyclic) bond motifs is 2. The summed E-state index contributed by atoms with van der Waals surface area (Å²) >= 11 is 0. The van der Waals surface area contributed by atoms with Gasteiger partial charge in [-0.1, -0.05) is 67.6 Å². The van der Waals surface area contributed by atoms with Crippen LogP contribution in [0.5, 0.6) is 5.75 Å². The van der Waals surface area contributed by atoms with E-state index in [0.29, 0.717) is 26.2 Å². The largest absolute Gasteiger partial charge is 0.492 e. The molecule has 0 spiro atoms. The molecule has 0 amide bonds. The number of ether oxygens (including phenoxy) is 2. The number of hydrogen-bond acceptors (Lipinski definition) is 4. The molecule has 0 aromatic heterocycles. The van der Waals surface area contributed by atoms with E-state index in [1.807, 2.05) is 31.2 Å². The fraction of sp³-hybridized carbons (Fsp3) is 0.250. The molecule has 1 aliphatic rings. The van der Waals surface area contributed by atoms with Crippen molar-refractivity contribution in [2.75, 3.05) is 24.7 Å². The Labute approximate surface area is 194 Å². The molecule has 1 unspecified atom stereocenters. The Morgan fingerprint density at radius 3 is 2.06 bits per heavy atom. The van der Waals surface area contributed by atoms with E-state index in [2.05, 4.69) is 65.6 Å². The molecule has 5 heteroatoms. The Morgan fingerprint density at radius 2 is 1.48 bits per heavy atom. The number of rotatable bonds is 10. The zero-order chi connectivity index (χ0) is 23.0. The summed E-state index contributed by atoms with van der Waals surface area (Å²) in [6, 6.07) is 24.3. The number of hydrogen-bond donors (Lipinski definition) is 1. The van der Waals surface area contributed by atoms with Crippen LogP contribution >= 0.6 is 0 Å². The van der Waals surface area contributed by atoms with E-state index in [-0.39, 0.29) is 0 Å². The van der Waals surface area contributed by atoms with E-state index in [0.717, 1.165) is 29.1 Å². The maximum atomic E-state index is 11.4. The van der Waals surface area contributed by atoms with E-state index < -0.39 is 12.1 Å². The van der Waals surface area contributed by atoms with Crippen molar-refractivity contribution in [1.82, 2.24) is 0 Å². The van der Waals surface area contributed by atoms with Crippen LogP contribution in [0.1, 0.15) is 30.0 Å². The normalized spacial score (nSPS) is 13.1. The van der Waals surface area contributed by atoms with Gasteiger partial charge in [0.25, 0.3) is 0 Å². The number of benzene rings is 3. The van der Waals surface area contributed by atoms with Gasteiger partial charge in [0.05, 0.1) is 6.54 Å². The average Bonchev–Trinajstić information content (AvgIpc) is 3.00. The lowest BCUT2D eigenvalue weighted by molar-refractivity contribution is -0.150. The van der Waals surface area contributed by atoms with Crippen molar-refractivity contribution in [3.63, 3.8) is 0 Å². The molecule has 0 fully saturated rings. The molecular weight excluding hydrogens is 414 g/mol. The highest BCUT2D eigenvalue weighted by atomic mass is 16.5. The van der Waals surface area contributed by atoms with E-state index >= 15 is 0 Å². The standard InChI is InChI=1S/C28H29NO4/c1-2-18-33-27(28(30)31)20-21-11-15-24(16-12-21)32-19-17-29-25-9-5-3-7-22(25)13-14-23-8-4-6-10-26(23)29/h3-16,27H,2,17-20H2,1H3,(H,30,31). The van der Waals surface area contributed by atoms with Gasteiger partial charge in [-0.05, 0) is 47.4 Å². The molecule has 0 saturated heterocycles. The van der Waals surface area contributed by atoms with E-state index in [1.165, 1.54) is 11.1 Å². The van der Waals surface area contributed by atoms with Crippen molar-refractivity contribution < 1.29 is 19.4 Å². The maximum absolute atomic E-state index is 11.4. The van der Waals surface area contributed by atoms with Gasteiger partial charge in [-0.15, -0.1) is 0 Å². The number of para-hydroxylation sites is 2. The Morgan fingerprint density at radius 1 is 0.879 bits per heavy atom. The second-order valence-electron chi connectivity index (χ2n) is 8.00. The van der Waals surface area contributed by atoms with E-state index in [9.17, 15) is 9.90 Å². The van der Waals surface area contributed by atoms with Crippen LogP contribution < -0.4 is 9.64 Å². The average molecular weight is 444 g/mol. The highest BCUT2D eigenvalue weighted by Crippen LogP contribution is 2.35. The third-order valence-corrected chi connectivity index (χ3v) is 5.62. The van der Waals surface area contributed by atoms with Gasteiger partial charge in [-0.2, -0.15) is 0 Å². The summed E-state index contributed by atoms with van der Waals surface area (Å²) in [5.41, 5.74) is 5.58. The summed E-state index contributed by atoms with van der Waals surface area (Å²) in [5, 5.41) is 9.36. The first-order valence-electron chi connectivity index (χ1n) is 11.4. The van der Waals surface area contributed by atoms with Gasteiger partial charge >= 0.3 is 5.97 Å². The lowest BCUT2D eigenvalue weighted by Crippen LogP contribution is -2.26.